The highest BCUT2D eigenvalue weighted by molar-refractivity contribution is 9.10. The van der Waals surface area contributed by atoms with Gasteiger partial charge in [-0.15, -0.1) is 0 Å². The van der Waals surface area contributed by atoms with Crippen LogP contribution in [0.2, 0.25) is 66.0 Å². The Labute approximate surface area is 343 Å². The normalized spacial score (nSPS) is 13.9. The molecule has 0 amide bonds. The van der Waals surface area contributed by atoms with Gasteiger partial charge >= 0.3 is 0 Å². The van der Waals surface area contributed by atoms with Crippen molar-refractivity contribution in [3.63, 3.8) is 0 Å². The largest absolute Gasteiger partial charge is 0.544 e. The standard InChI is InChI=1S/C22H32BrClO2Si2.C19H24BrClO2Si/c1-22(2,3)28(7,8)25-18-12-9-16(10-13-18)21(26-27(4,5)6)19-15-17(23)11-14-20(19)24;1-19(2,3)24(4,5)23-15-9-6-13(7-10-15)18(22)16-12-14(20)8-11-17(16)21/h9-15,21H,1-8H3;6-12,18,22H,1-5H3. The first-order valence-electron chi connectivity index (χ1n) is 17.5. The van der Waals surface area contributed by atoms with Gasteiger partial charge in [0.15, 0.2) is 8.32 Å². The zero-order valence-corrected chi connectivity index (χ0v) is 40.6. The highest BCUT2D eigenvalue weighted by atomic mass is 79.9. The van der Waals surface area contributed by atoms with E-state index in [0.29, 0.717) is 15.6 Å². The zero-order chi connectivity index (χ0) is 39.4. The summed E-state index contributed by atoms with van der Waals surface area (Å²) in [5, 5.41) is 12.2. The third-order valence-corrected chi connectivity index (χ3v) is 21.0. The first-order valence-corrected chi connectivity index (χ1v) is 29.1. The Hall–Kier alpha value is -1.41. The minimum absolute atomic E-state index is 0.148. The summed E-state index contributed by atoms with van der Waals surface area (Å²) in [6, 6.07) is 27.3. The Kier molecular flexibility index (Phi) is 15.2. The smallest absolute Gasteiger partial charge is 0.250 e. The number of halogens is 4. The molecule has 0 aliphatic rings. The monoisotopic (exact) mass is 924 g/mol. The lowest BCUT2D eigenvalue weighted by Gasteiger charge is -2.36. The van der Waals surface area contributed by atoms with Crippen molar-refractivity contribution in [1.29, 1.82) is 0 Å². The van der Waals surface area contributed by atoms with Gasteiger partial charge in [-0.2, -0.15) is 0 Å². The van der Waals surface area contributed by atoms with Gasteiger partial charge in [0, 0.05) is 30.1 Å². The molecule has 2 unspecified atom stereocenters. The van der Waals surface area contributed by atoms with E-state index in [1.807, 2.05) is 54.6 Å². The fourth-order valence-electron chi connectivity index (χ4n) is 4.61. The number of hydrogen-bond acceptors (Lipinski definition) is 4. The Morgan fingerprint density at radius 2 is 0.923 bits per heavy atom. The zero-order valence-electron chi connectivity index (χ0n) is 32.9. The van der Waals surface area contributed by atoms with Crippen LogP contribution < -0.4 is 8.85 Å². The molecule has 0 heterocycles. The summed E-state index contributed by atoms with van der Waals surface area (Å²) in [5.74, 6) is 1.76. The molecule has 1 N–H and O–H groups in total. The van der Waals surface area contributed by atoms with Gasteiger partial charge in [-0.1, -0.05) is 121 Å². The Bertz CT molecular complexity index is 1780. The summed E-state index contributed by atoms with van der Waals surface area (Å²) < 4.78 is 21.1. The molecule has 0 fully saturated rings. The highest BCUT2D eigenvalue weighted by Gasteiger charge is 2.40. The van der Waals surface area contributed by atoms with E-state index in [9.17, 15) is 5.11 Å². The quantitative estimate of drug-likeness (QED) is 0.161. The maximum atomic E-state index is 10.6. The van der Waals surface area contributed by atoms with E-state index in [4.69, 9.17) is 36.5 Å². The maximum Gasteiger partial charge on any atom is 0.250 e. The minimum atomic E-state index is -1.86. The molecule has 0 saturated carbocycles. The van der Waals surface area contributed by atoms with Gasteiger partial charge < -0.3 is 18.4 Å². The lowest BCUT2D eigenvalue weighted by Crippen LogP contribution is -2.43. The van der Waals surface area contributed by atoms with Gasteiger partial charge in [0.1, 0.15) is 17.6 Å². The number of aliphatic hydroxyl groups is 1. The first kappa shape index (κ1) is 45.0. The van der Waals surface area contributed by atoms with Gasteiger partial charge in [0.25, 0.3) is 0 Å². The molecule has 4 aromatic rings. The van der Waals surface area contributed by atoms with Crippen molar-refractivity contribution < 1.29 is 18.4 Å². The van der Waals surface area contributed by atoms with Crippen LogP contribution in [-0.4, -0.2) is 30.1 Å². The van der Waals surface area contributed by atoms with Crippen LogP contribution in [-0.2, 0) is 4.43 Å². The predicted octanol–water partition coefficient (Wildman–Crippen LogP) is 15.0. The first-order chi connectivity index (χ1) is 23.7. The second-order valence-corrected chi connectivity index (χ2v) is 33.8. The van der Waals surface area contributed by atoms with E-state index < -0.39 is 31.1 Å². The Morgan fingerprint density at radius 1 is 0.558 bits per heavy atom. The molecule has 52 heavy (non-hydrogen) atoms. The van der Waals surface area contributed by atoms with Gasteiger partial charge in [-0.25, -0.2) is 0 Å². The van der Waals surface area contributed by atoms with Crippen LogP contribution in [0.5, 0.6) is 11.5 Å². The SMILES string of the molecule is CC(C)(C)[Si](C)(C)Oc1ccc(C(O)c2cc(Br)ccc2Cl)cc1.CC(C)(C)[Si](C)(C)Oc1ccc(C(O[Si](C)(C)C)c2cc(Br)ccc2Cl)cc1. The van der Waals surface area contributed by atoms with E-state index in [-0.39, 0.29) is 16.2 Å². The molecule has 4 aromatic carbocycles. The summed E-state index contributed by atoms with van der Waals surface area (Å²) >= 11 is 19.7. The topological polar surface area (TPSA) is 47.9 Å². The van der Waals surface area contributed by atoms with Gasteiger partial charge in [-0.3, -0.25) is 0 Å². The molecule has 0 saturated heterocycles. The van der Waals surface area contributed by atoms with Crippen molar-refractivity contribution in [3.05, 3.63) is 126 Å². The molecule has 0 spiro atoms. The average molecular weight is 928 g/mol. The van der Waals surface area contributed by atoms with Crippen LogP contribution in [0.3, 0.4) is 0 Å². The molecule has 0 bridgehead atoms. The summed E-state index contributed by atoms with van der Waals surface area (Å²) in [4.78, 5) is 0. The molecule has 2 atom stereocenters. The molecular formula is C41H56Br2Cl2O4Si3. The number of hydrogen-bond donors (Lipinski definition) is 1. The van der Waals surface area contributed by atoms with Crippen molar-refractivity contribution in [2.24, 2.45) is 0 Å². The molecular weight excluding hydrogens is 871 g/mol. The van der Waals surface area contributed by atoms with E-state index in [2.05, 4.69) is 143 Å². The number of rotatable bonds is 10. The van der Waals surface area contributed by atoms with Gasteiger partial charge in [0.05, 0.1) is 6.10 Å². The Balaban J connectivity index is 0.000000284. The summed E-state index contributed by atoms with van der Waals surface area (Å²) in [5.41, 5.74) is 3.54. The molecule has 0 aliphatic carbocycles. The highest BCUT2D eigenvalue weighted by Crippen LogP contribution is 2.40. The van der Waals surface area contributed by atoms with Crippen LogP contribution in [0, 0.1) is 0 Å². The number of aliphatic hydroxyl groups excluding tert-OH is 1. The van der Waals surface area contributed by atoms with Crippen molar-refractivity contribution >= 4 is 80.0 Å². The second-order valence-electron chi connectivity index (χ2n) is 17.2. The molecule has 4 nitrogen and oxygen atoms in total. The van der Waals surface area contributed by atoms with Crippen LogP contribution in [0.15, 0.2) is 93.9 Å². The van der Waals surface area contributed by atoms with E-state index in [1.165, 1.54) is 0 Å². The third-order valence-electron chi connectivity index (χ3n) is 9.70. The molecule has 4 rings (SSSR count). The second kappa shape index (κ2) is 17.6. The van der Waals surface area contributed by atoms with Crippen molar-refractivity contribution in [3.8, 4) is 11.5 Å². The van der Waals surface area contributed by atoms with Crippen LogP contribution in [0.25, 0.3) is 0 Å². The molecule has 284 valence electrons. The minimum Gasteiger partial charge on any atom is -0.544 e. The Morgan fingerprint density at radius 3 is 1.31 bits per heavy atom. The maximum absolute atomic E-state index is 10.6. The van der Waals surface area contributed by atoms with Crippen LogP contribution in [0.4, 0.5) is 0 Å². The number of benzene rings is 4. The van der Waals surface area contributed by atoms with E-state index >= 15 is 0 Å². The fraction of sp³-hybridized carbons (Fsp3) is 0.415. The molecule has 0 aliphatic heterocycles. The van der Waals surface area contributed by atoms with Gasteiger partial charge in [0.2, 0.25) is 16.6 Å². The van der Waals surface area contributed by atoms with Gasteiger partial charge in [-0.05, 0) is 128 Å². The van der Waals surface area contributed by atoms with E-state index in [1.54, 1.807) is 6.07 Å². The lowest BCUT2D eigenvalue weighted by atomic mass is 10.0. The molecule has 0 radical (unpaired) electrons. The molecule has 11 heteroatoms. The van der Waals surface area contributed by atoms with Crippen molar-refractivity contribution in [1.82, 2.24) is 0 Å². The average Bonchev–Trinajstić information content (AvgIpc) is 3.01. The van der Waals surface area contributed by atoms with Crippen molar-refractivity contribution in [2.45, 2.75) is 110 Å². The van der Waals surface area contributed by atoms with Crippen molar-refractivity contribution in [2.75, 3.05) is 0 Å². The fourth-order valence-corrected chi connectivity index (χ4v) is 8.84. The summed E-state index contributed by atoms with van der Waals surface area (Å²) in [6.45, 7) is 28.9. The van der Waals surface area contributed by atoms with E-state index in [0.717, 1.165) is 37.1 Å². The molecule has 0 aromatic heterocycles. The van der Waals surface area contributed by atoms with Crippen LogP contribution in [0.1, 0.15) is 76.0 Å². The lowest BCUT2D eigenvalue weighted by molar-refractivity contribution is 0.220. The summed E-state index contributed by atoms with van der Waals surface area (Å²) in [7, 11) is -5.52. The van der Waals surface area contributed by atoms with Crippen LogP contribution >= 0.6 is 55.1 Å². The predicted molar refractivity (Wildman–Crippen MR) is 237 cm³/mol. The third kappa shape index (κ3) is 12.6. The summed E-state index contributed by atoms with van der Waals surface area (Å²) in [6.07, 6.45) is -0.962.